The highest BCUT2D eigenvalue weighted by atomic mass is 32.2. The summed E-state index contributed by atoms with van der Waals surface area (Å²) in [5.74, 6) is 5.45. The van der Waals surface area contributed by atoms with Crippen LogP contribution in [0.2, 0.25) is 0 Å². The molecule has 0 unspecified atom stereocenters. The molecule has 21 heavy (non-hydrogen) atoms. The van der Waals surface area contributed by atoms with E-state index in [1.807, 2.05) is 17.4 Å². The van der Waals surface area contributed by atoms with Gasteiger partial charge >= 0.3 is 0 Å². The van der Waals surface area contributed by atoms with E-state index in [0.717, 1.165) is 0 Å². The monoisotopic (exact) mass is 315 g/mol. The molecule has 0 aliphatic heterocycles. The Bertz CT molecular complexity index is 557. The van der Waals surface area contributed by atoms with Crippen molar-refractivity contribution in [3.05, 3.63) is 29.8 Å². The number of likely N-dealkylation sites (N-methyl/N-ethyl adjacent to an activating group) is 1. The number of benzene rings is 1. The van der Waals surface area contributed by atoms with Crippen LogP contribution in [0.1, 0.15) is 10.4 Å². The Morgan fingerprint density at radius 3 is 2.43 bits per heavy atom. The lowest BCUT2D eigenvalue weighted by molar-refractivity contribution is 0.0953. The zero-order valence-electron chi connectivity index (χ0n) is 12.2. The number of hydrogen-bond acceptors (Lipinski definition) is 6. The van der Waals surface area contributed by atoms with Crippen LogP contribution in [-0.4, -0.2) is 58.0 Å². The molecule has 1 rings (SSSR count). The molecule has 7 nitrogen and oxygen atoms in total. The normalized spacial score (nSPS) is 11.4. The van der Waals surface area contributed by atoms with Crippen LogP contribution in [-0.2, 0) is 9.84 Å². The summed E-state index contributed by atoms with van der Waals surface area (Å²) in [4.78, 5) is 13.1. The number of amides is 1. The minimum atomic E-state index is -2.94. The van der Waals surface area contributed by atoms with E-state index in [4.69, 9.17) is 10.6 Å². The number of nitrogens with zero attached hydrogens (tertiary/aromatic N) is 1. The Kier molecular flexibility index (Phi) is 6.60. The topological polar surface area (TPSA) is 102 Å². The van der Waals surface area contributed by atoms with Gasteiger partial charge in [0.05, 0.1) is 5.75 Å². The largest absolute Gasteiger partial charge is 0.492 e. The van der Waals surface area contributed by atoms with E-state index in [1.54, 1.807) is 24.3 Å². The molecule has 1 amide bonds. The van der Waals surface area contributed by atoms with Crippen LogP contribution in [0.15, 0.2) is 24.3 Å². The highest BCUT2D eigenvalue weighted by molar-refractivity contribution is 7.90. The minimum absolute atomic E-state index is 0.131. The van der Waals surface area contributed by atoms with Crippen LogP contribution in [0.25, 0.3) is 0 Å². The van der Waals surface area contributed by atoms with Crippen molar-refractivity contribution < 1.29 is 17.9 Å². The van der Waals surface area contributed by atoms with E-state index in [9.17, 15) is 13.2 Å². The molecule has 0 aromatic heterocycles. The molecular weight excluding hydrogens is 294 g/mol. The van der Waals surface area contributed by atoms with E-state index >= 15 is 0 Å². The second-order valence-electron chi connectivity index (χ2n) is 4.78. The third kappa shape index (κ3) is 7.07. The number of hydrazine groups is 1. The molecule has 8 heteroatoms. The third-order valence-corrected chi connectivity index (χ3v) is 3.76. The highest BCUT2D eigenvalue weighted by Crippen LogP contribution is 2.11. The van der Waals surface area contributed by atoms with Gasteiger partial charge in [0.25, 0.3) is 5.91 Å². The maximum atomic E-state index is 11.2. The standard InChI is InChI=1S/C13H21N3O4S/c1-16(8-10-21(2,18)19)7-9-20-12-5-3-11(4-6-12)13(17)15-14/h3-6H,7-10,14H2,1-2H3,(H,15,17). The molecule has 0 aliphatic carbocycles. The molecule has 0 spiro atoms. The molecule has 0 bridgehead atoms. The highest BCUT2D eigenvalue weighted by Gasteiger charge is 2.06. The fourth-order valence-corrected chi connectivity index (χ4v) is 2.18. The van der Waals surface area contributed by atoms with Gasteiger partial charge in [-0.1, -0.05) is 0 Å². The van der Waals surface area contributed by atoms with E-state index in [2.05, 4.69) is 0 Å². The minimum Gasteiger partial charge on any atom is -0.492 e. The van der Waals surface area contributed by atoms with E-state index < -0.39 is 9.84 Å². The van der Waals surface area contributed by atoms with Crippen LogP contribution < -0.4 is 16.0 Å². The van der Waals surface area contributed by atoms with Crippen LogP contribution in [0.5, 0.6) is 5.75 Å². The fourth-order valence-electron chi connectivity index (χ4n) is 1.54. The Labute approximate surface area is 125 Å². The lowest BCUT2D eigenvalue weighted by atomic mass is 10.2. The van der Waals surface area contributed by atoms with Crippen LogP contribution in [0.3, 0.4) is 0 Å². The quantitative estimate of drug-likeness (QED) is 0.386. The molecule has 1 aromatic rings. The molecule has 0 saturated heterocycles. The van der Waals surface area contributed by atoms with Gasteiger partial charge in [-0.15, -0.1) is 0 Å². The molecule has 0 saturated carbocycles. The number of nitrogens with two attached hydrogens (primary N) is 1. The molecule has 1 aromatic carbocycles. The summed E-state index contributed by atoms with van der Waals surface area (Å²) in [7, 11) is -1.11. The number of ether oxygens (including phenoxy) is 1. The summed E-state index contributed by atoms with van der Waals surface area (Å²) >= 11 is 0. The first-order valence-electron chi connectivity index (χ1n) is 6.42. The number of carbonyl (C=O) groups is 1. The molecule has 0 atom stereocenters. The van der Waals surface area contributed by atoms with Crippen molar-refractivity contribution in [2.75, 3.05) is 38.8 Å². The van der Waals surface area contributed by atoms with Crippen molar-refractivity contribution in [2.24, 2.45) is 5.84 Å². The molecule has 0 radical (unpaired) electrons. The molecule has 3 N–H and O–H groups in total. The van der Waals surface area contributed by atoms with Gasteiger partial charge in [0.2, 0.25) is 0 Å². The van der Waals surface area contributed by atoms with E-state index in [1.165, 1.54) is 6.26 Å². The summed E-state index contributed by atoms with van der Waals surface area (Å²) in [5, 5.41) is 0. The number of hydrogen-bond donors (Lipinski definition) is 2. The summed E-state index contributed by atoms with van der Waals surface area (Å²) in [5.41, 5.74) is 2.50. The Morgan fingerprint density at radius 1 is 1.29 bits per heavy atom. The molecule has 0 heterocycles. The molecule has 0 aliphatic rings. The number of nitrogen functional groups attached to an aromatic ring is 1. The number of carbonyl (C=O) groups excluding carboxylic acids is 1. The van der Waals surface area contributed by atoms with E-state index in [-0.39, 0.29) is 11.7 Å². The zero-order valence-corrected chi connectivity index (χ0v) is 13.0. The smallest absolute Gasteiger partial charge is 0.265 e. The summed E-state index contributed by atoms with van der Waals surface area (Å²) in [6.07, 6.45) is 1.22. The SMILES string of the molecule is CN(CCOc1ccc(C(=O)NN)cc1)CCS(C)(=O)=O. The first kappa shape index (κ1) is 17.4. The molecular formula is C13H21N3O4S. The lowest BCUT2D eigenvalue weighted by Crippen LogP contribution is -2.30. The van der Waals surface area contributed by atoms with Gasteiger partial charge in [0, 0.05) is 24.9 Å². The van der Waals surface area contributed by atoms with Gasteiger partial charge in [0.1, 0.15) is 22.2 Å². The van der Waals surface area contributed by atoms with Crippen molar-refractivity contribution >= 4 is 15.7 Å². The summed E-state index contributed by atoms with van der Waals surface area (Å²) in [6, 6.07) is 6.60. The van der Waals surface area contributed by atoms with Gasteiger partial charge in [-0.05, 0) is 31.3 Å². The summed E-state index contributed by atoms with van der Waals surface area (Å²) in [6.45, 7) is 1.51. The van der Waals surface area contributed by atoms with Crippen LogP contribution >= 0.6 is 0 Å². The first-order valence-corrected chi connectivity index (χ1v) is 8.48. The van der Waals surface area contributed by atoms with Crippen molar-refractivity contribution in [1.29, 1.82) is 0 Å². The van der Waals surface area contributed by atoms with Gasteiger partial charge in [-0.3, -0.25) is 10.2 Å². The van der Waals surface area contributed by atoms with Gasteiger partial charge < -0.3 is 9.64 Å². The Balaban J connectivity index is 2.34. The van der Waals surface area contributed by atoms with E-state index in [0.29, 0.717) is 31.0 Å². The molecule has 118 valence electrons. The van der Waals surface area contributed by atoms with Gasteiger partial charge in [-0.2, -0.15) is 0 Å². The maximum Gasteiger partial charge on any atom is 0.265 e. The average molecular weight is 315 g/mol. The predicted octanol–water partition coefficient (Wildman–Crippen LogP) is -0.355. The molecule has 0 fully saturated rings. The van der Waals surface area contributed by atoms with Crippen molar-refractivity contribution in [1.82, 2.24) is 10.3 Å². The van der Waals surface area contributed by atoms with Gasteiger partial charge in [0.15, 0.2) is 0 Å². The first-order chi connectivity index (χ1) is 9.81. The zero-order chi connectivity index (χ0) is 15.9. The maximum absolute atomic E-state index is 11.2. The predicted molar refractivity (Wildman–Crippen MR) is 80.8 cm³/mol. The third-order valence-electron chi connectivity index (χ3n) is 2.83. The van der Waals surface area contributed by atoms with Crippen molar-refractivity contribution in [3.8, 4) is 5.75 Å². The second-order valence-corrected chi connectivity index (χ2v) is 7.04. The van der Waals surface area contributed by atoms with Crippen LogP contribution in [0, 0.1) is 0 Å². The van der Waals surface area contributed by atoms with Crippen LogP contribution in [0.4, 0.5) is 0 Å². The lowest BCUT2D eigenvalue weighted by Gasteiger charge is -2.16. The number of rotatable bonds is 8. The van der Waals surface area contributed by atoms with Crippen molar-refractivity contribution in [2.45, 2.75) is 0 Å². The van der Waals surface area contributed by atoms with Gasteiger partial charge in [-0.25, -0.2) is 14.3 Å². The Hall–Kier alpha value is -1.64. The number of nitrogens with one attached hydrogen (secondary N) is 1. The second kappa shape index (κ2) is 7.96. The average Bonchev–Trinajstić information content (AvgIpc) is 2.44. The Morgan fingerprint density at radius 2 is 1.90 bits per heavy atom. The summed E-state index contributed by atoms with van der Waals surface area (Å²) < 4.78 is 27.6. The number of sulfone groups is 1. The van der Waals surface area contributed by atoms with Crippen molar-refractivity contribution in [3.63, 3.8) is 0 Å². The fraction of sp³-hybridized carbons (Fsp3) is 0.462.